The Labute approximate surface area is 185 Å². The first-order valence-corrected chi connectivity index (χ1v) is 10.7. The Morgan fingerprint density at radius 3 is 2.43 bits per heavy atom. The smallest absolute Gasteiger partial charge is 0.154 e. The van der Waals surface area contributed by atoms with Crippen molar-refractivity contribution in [3.63, 3.8) is 0 Å². The Morgan fingerprint density at radius 2 is 1.63 bits per heavy atom. The summed E-state index contributed by atoms with van der Waals surface area (Å²) < 4.78 is 1.89. The number of aromatic nitrogens is 3. The van der Waals surface area contributed by atoms with E-state index in [1.807, 2.05) is 47.2 Å². The topological polar surface area (TPSA) is 36.7 Å². The van der Waals surface area contributed by atoms with Gasteiger partial charge in [-0.3, -0.25) is 0 Å². The average molecular weight is 438 g/mol. The Bertz CT molecular complexity index is 1210. The third kappa shape index (κ3) is 3.59. The van der Waals surface area contributed by atoms with Gasteiger partial charge in [-0.2, -0.15) is 5.10 Å². The van der Waals surface area contributed by atoms with Crippen molar-refractivity contribution in [1.29, 1.82) is 0 Å². The summed E-state index contributed by atoms with van der Waals surface area (Å²) in [5.41, 5.74) is 5.34. The lowest BCUT2D eigenvalue weighted by Gasteiger charge is -2.37. The SMILES string of the molecule is Cc1ccc(Cl)cc1N1CCN(c2nccn3nc(-c4cccc(Cl)c4)cc23)CC1. The molecule has 0 radical (unpaired) electrons. The molecule has 152 valence electrons. The first-order chi connectivity index (χ1) is 14.6. The normalized spacial score (nSPS) is 14.5. The zero-order valence-corrected chi connectivity index (χ0v) is 18.1. The van der Waals surface area contributed by atoms with Crippen molar-refractivity contribution in [3.8, 4) is 11.3 Å². The molecule has 0 bridgehead atoms. The number of piperazine rings is 1. The standard InChI is InChI=1S/C23H21Cl2N5/c1-16-5-6-19(25)14-21(16)28-9-11-29(12-10-28)23-22-15-20(27-30(22)8-7-26-23)17-3-2-4-18(24)13-17/h2-8,13-15H,9-12H2,1H3. The van der Waals surface area contributed by atoms with Crippen LogP contribution in [0.1, 0.15) is 5.56 Å². The third-order valence-electron chi connectivity index (χ3n) is 5.58. The van der Waals surface area contributed by atoms with Crippen LogP contribution in [0.2, 0.25) is 10.0 Å². The van der Waals surface area contributed by atoms with Gasteiger partial charge in [0, 0.05) is 59.9 Å². The Hall–Kier alpha value is -2.76. The summed E-state index contributed by atoms with van der Waals surface area (Å²) in [6, 6.07) is 15.9. The maximum atomic E-state index is 6.22. The molecule has 3 heterocycles. The average Bonchev–Trinajstić information content (AvgIpc) is 3.20. The van der Waals surface area contributed by atoms with E-state index in [2.05, 4.69) is 39.9 Å². The largest absolute Gasteiger partial charge is 0.368 e. The summed E-state index contributed by atoms with van der Waals surface area (Å²) in [6.07, 6.45) is 3.70. The second-order valence-electron chi connectivity index (χ2n) is 7.53. The Balaban J connectivity index is 1.41. The summed E-state index contributed by atoms with van der Waals surface area (Å²) in [4.78, 5) is 9.41. The van der Waals surface area contributed by atoms with Crippen molar-refractivity contribution in [2.45, 2.75) is 6.92 Å². The maximum absolute atomic E-state index is 6.22. The molecular formula is C23H21Cl2N5. The van der Waals surface area contributed by atoms with Gasteiger partial charge in [-0.25, -0.2) is 9.50 Å². The second-order valence-corrected chi connectivity index (χ2v) is 8.40. The van der Waals surface area contributed by atoms with Crippen molar-refractivity contribution in [2.24, 2.45) is 0 Å². The molecule has 5 rings (SSSR count). The van der Waals surface area contributed by atoms with Gasteiger partial charge in [-0.05, 0) is 42.8 Å². The van der Waals surface area contributed by atoms with Crippen molar-refractivity contribution in [1.82, 2.24) is 14.6 Å². The number of hydrogen-bond donors (Lipinski definition) is 0. The lowest BCUT2D eigenvalue weighted by atomic mass is 10.1. The van der Waals surface area contributed by atoms with Crippen LogP contribution in [0.4, 0.5) is 11.5 Å². The van der Waals surface area contributed by atoms with Crippen LogP contribution >= 0.6 is 23.2 Å². The van der Waals surface area contributed by atoms with Gasteiger partial charge in [0.15, 0.2) is 5.82 Å². The molecule has 0 unspecified atom stereocenters. The van der Waals surface area contributed by atoms with E-state index in [-0.39, 0.29) is 0 Å². The van der Waals surface area contributed by atoms with E-state index in [9.17, 15) is 0 Å². The first kappa shape index (κ1) is 19.2. The Morgan fingerprint density at radius 1 is 0.867 bits per heavy atom. The molecule has 0 spiro atoms. The summed E-state index contributed by atoms with van der Waals surface area (Å²) >= 11 is 12.4. The second kappa shape index (κ2) is 7.82. The van der Waals surface area contributed by atoms with Crippen LogP contribution < -0.4 is 9.80 Å². The van der Waals surface area contributed by atoms with Crippen LogP contribution in [0.3, 0.4) is 0 Å². The predicted octanol–water partition coefficient (Wildman–Crippen LogP) is 5.34. The molecule has 0 saturated carbocycles. The van der Waals surface area contributed by atoms with Gasteiger partial charge in [0.25, 0.3) is 0 Å². The van der Waals surface area contributed by atoms with Crippen LogP contribution in [0.15, 0.2) is 60.9 Å². The fraction of sp³-hybridized carbons (Fsp3) is 0.217. The fourth-order valence-electron chi connectivity index (χ4n) is 4.02. The zero-order valence-electron chi connectivity index (χ0n) is 16.6. The lowest BCUT2D eigenvalue weighted by Crippen LogP contribution is -2.47. The minimum absolute atomic E-state index is 0.704. The number of benzene rings is 2. The molecule has 0 atom stereocenters. The van der Waals surface area contributed by atoms with Gasteiger partial charge in [0.1, 0.15) is 5.52 Å². The van der Waals surface area contributed by atoms with E-state index in [0.29, 0.717) is 5.02 Å². The predicted molar refractivity (Wildman–Crippen MR) is 124 cm³/mol. The highest BCUT2D eigenvalue weighted by Gasteiger charge is 2.22. The lowest BCUT2D eigenvalue weighted by molar-refractivity contribution is 0.646. The highest BCUT2D eigenvalue weighted by Crippen LogP contribution is 2.29. The summed E-state index contributed by atoms with van der Waals surface area (Å²) in [5.74, 6) is 0.959. The van der Waals surface area contributed by atoms with E-state index < -0.39 is 0 Å². The molecule has 2 aromatic heterocycles. The van der Waals surface area contributed by atoms with E-state index in [1.165, 1.54) is 11.3 Å². The molecular weight excluding hydrogens is 417 g/mol. The third-order valence-corrected chi connectivity index (χ3v) is 6.05. The van der Waals surface area contributed by atoms with E-state index >= 15 is 0 Å². The van der Waals surface area contributed by atoms with Crippen LogP contribution in [-0.4, -0.2) is 40.8 Å². The molecule has 30 heavy (non-hydrogen) atoms. The summed E-state index contributed by atoms with van der Waals surface area (Å²) in [7, 11) is 0. The molecule has 2 aromatic carbocycles. The highest BCUT2D eigenvalue weighted by molar-refractivity contribution is 6.31. The summed E-state index contributed by atoms with van der Waals surface area (Å²) in [6.45, 7) is 5.73. The van der Waals surface area contributed by atoms with Crippen molar-refractivity contribution < 1.29 is 0 Å². The van der Waals surface area contributed by atoms with Gasteiger partial charge >= 0.3 is 0 Å². The fourth-order valence-corrected chi connectivity index (χ4v) is 4.38. The molecule has 0 aliphatic carbocycles. The number of aryl methyl sites for hydroxylation is 1. The minimum Gasteiger partial charge on any atom is -0.368 e. The van der Waals surface area contributed by atoms with Gasteiger partial charge < -0.3 is 9.80 Å². The summed E-state index contributed by atoms with van der Waals surface area (Å²) in [5, 5.41) is 6.21. The van der Waals surface area contributed by atoms with Gasteiger partial charge in [-0.1, -0.05) is 41.4 Å². The molecule has 4 aromatic rings. The molecule has 5 nitrogen and oxygen atoms in total. The van der Waals surface area contributed by atoms with Gasteiger partial charge in [0.2, 0.25) is 0 Å². The number of hydrogen-bond acceptors (Lipinski definition) is 4. The molecule has 1 aliphatic heterocycles. The monoisotopic (exact) mass is 437 g/mol. The molecule has 1 saturated heterocycles. The van der Waals surface area contributed by atoms with Crippen LogP contribution in [0.25, 0.3) is 16.8 Å². The zero-order chi connectivity index (χ0) is 20.7. The van der Waals surface area contributed by atoms with Crippen molar-refractivity contribution in [2.75, 3.05) is 36.0 Å². The Kier molecular flexibility index (Phi) is 5.01. The molecule has 1 fully saturated rings. The van der Waals surface area contributed by atoms with E-state index in [0.717, 1.165) is 53.8 Å². The molecule has 0 N–H and O–H groups in total. The number of rotatable bonds is 3. The number of halogens is 2. The number of fused-ring (bicyclic) bond motifs is 1. The number of anilines is 2. The molecule has 1 aliphatic rings. The highest BCUT2D eigenvalue weighted by atomic mass is 35.5. The van der Waals surface area contributed by atoms with Crippen molar-refractivity contribution in [3.05, 3.63) is 76.5 Å². The van der Waals surface area contributed by atoms with Crippen LogP contribution in [-0.2, 0) is 0 Å². The number of nitrogens with zero attached hydrogens (tertiary/aromatic N) is 5. The molecule has 0 amide bonds. The van der Waals surface area contributed by atoms with Crippen molar-refractivity contribution >= 4 is 40.2 Å². The van der Waals surface area contributed by atoms with Gasteiger partial charge in [0.05, 0.1) is 5.69 Å². The van der Waals surface area contributed by atoms with Gasteiger partial charge in [-0.15, -0.1) is 0 Å². The van der Waals surface area contributed by atoms with Crippen LogP contribution in [0, 0.1) is 6.92 Å². The molecule has 7 heteroatoms. The van der Waals surface area contributed by atoms with Crippen LogP contribution in [0.5, 0.6) is 0 Å². The first-order valence-electron chi connectivity index (χ1n) is 9.95. The minimum atomic E-state index is 0.704. The quantitative estimate of drug-likeness (QED) is 0.433. The van der Waals surface area contributed by atoms with E-state index in [4.69, 9.17) is 28.3 Å². The van der Waals surface area contributed by atoms with E-state index in [1.54, 1.807) is 0 Å². The maximum Gasteiger partial charge on any atom is 0.154 e.